The lowest BCUT2D eigenvalue weighted by molar-refractivity contribution is -0.122. The van der Waals surface area contributed by atoms with Crippen LogP contribution in [0.4, 0.5) is 0 Å². The van der Waals surface area contributed by atoms with Crippen molar-refractivity contribution in [2.45, 2.75) is 90.9 Å². The molecule has 0 N–H and O–H groups in total. The molecule has 1 aliphatic rings. The van der Waals surface area contributed by atoms with E-state index in [0.717, 1.165) is 12.8 Å². The summed E-state index contributed by atoms with van der Waals surface area (Å²) in [5.74, 6) is 0.506. The van der Waals surface area contributed by atoms with E-state index < -0.39 is 0 Å². The van der Waals surface area contributed by atoms with Crippen molar-refractivity contribution >= 4 is 5.78 Å². The van der Waals surface area contributed by atoms with E-state index >= 15 is 0 Å². The Morgan fingerprint density at radius 1 is 0.882 bits per heavy atom. The first-order valence-electron chi connectivity index (χ1n) is 7.74. The molecule has 0 aromatic heterocycles. The van der Waals surface area contributed by atoms with E-state index in [1.165, 1.54) is 64.2 Å². The van der Waals surface area contributed by atoms with Crippen molar-refractivity contribution in [1.82, 2.24) is 0 Å². The van der Waals surface area contributed by atoms with Gasteiger partial charge in [0.1, 0.15) is 5.78 Å². The average Bonchev–Trinajstić information content (AvgIpc) is 2.34. The van der Waals surface area contributed by atoms with Crippen LogP contribution in [-0.4, -0.2) is 5.78 Å². The molecule has 1 heteroatoms. The zero-order chi connectivity index (χ0) is 12.6. The Hall–Kier alpha value is -0.330. The van der Waals surface area contributed by atoms with Gasteiger partial charge in [-0.15, -0.1) is 0 Å². The third kappa shape index (κ3) is 5.23. The van der Waals surface area contributed by atoms with Crippen LogP contribution in [0.15, 0.2) is 0 Å². The first kappa shape index (κ1) is 14.7. The van der Waals surface area contributed by atoms with E-state index in [1.54, 1.807) is 0 Å². The summed E-state index contributed by atoms with van der Waals surface area (Å²) in [5.41, 5.74) is 0.540. The zero-order valence-electron chi connectivity index (χ0n) is 11.9. The van der Waals surface area contributed by atoms with Gasteiger partial charge in [-0.3, -0.25) is 4.79 Å². The van der Waals surface area contributed by atoms with Crippen LogP contribution in [0.25, 0.3) is 0 Å². The lowest BCUT2D eigenvalue weighted by Crippen LogP contribution is -2.27. The maximum absolute atomic E-state index is 11.4. The predicted molar refractivity (Wildman–Crippen MR) is 74.2 cm³/mol. The van der Waals surface area contributed by atoms with Crippen LogP contribution in [0.1, 0.15) is 90.9 Å². The molecular weight excluding hydrogens is 208 g/mol. The van der Waals surface area contributed by atoms with Gasteiger partial charge in [0.2, 0.25) is 0 Å². The molecule has 17 heavy (non-hydrogen) atoms. The molecule has 0 heterocycles. The van der Waals surface area contributed by atoms with Gasteiger partial charge in [-0.1, -0.05) is 52.4 Å². The summed E-state index contributed by atoms with van der Waals surface area (Å²) < 4.78 is 0. The summed E-state index contributed by atoms with van der Waals surface area (Å²) >= 11 is 0. The summed E-state index contributed by atoms with van der Waals surface area (Å²) in [5, 5.41) is 0. The van der Waals surface area contributed by atoms with Gasteiger partial charge < -0.3 is 0 Å². The molecule has 0 unspecified atom stereocenters. The smallest absolute Gasteiger partial charge is 0.132 e. The number of carbonyl (C=O) groups excluding carboxylic acids is 1. The van der Waals surface area contributed by atoms with Gasteiger partial charge in [0, 0.05) is 12.8 Å². The summed E-state index contributed by atoms with van der Waals surface area (Å²) in [7, 11) is 0. The first-order valence-corrected chi connectivity index (χ1v) is 7.74. The quantitative estimate of drug-likeness (QED) is 0.526. The number of hydrogen-bond acceptors (Lipinski definition) is 1. The summed E-state index contributed by atoms with van der Waals surface area (Å²) in [6.07, 6.45) is 14.9. The van der Waals surface area contributed by atoms with Crippen molar-refractivity contribution in [3.63, 3.8) is 0 Å². The number of rotatable bonds is 8. The van der Waals surface area contributed by atoms with Crippen molar-refractivity contribution in [2.24, 2.45) is 5.41 Å². The topological polar surface area (TPSA) is 17.1 Å². The number of Topliss-reactive ketones (excluding diaryl/α,β-unsaturated/α-hetero) is 1. The minimum absolute atomic E-state index is 0.506. The van der Waals surface area contributed by atoms with Crippen LogP contribution in [0, 0.1) is 5.41 Å². The van der Waals surface area contributed by atoms with Crippen molar-refractivity contribution in [3.8, 4) is 0 Å². The summed E-state index contributed by atoms with van der Waals surface area (Å²) in [4.78, 5) is 11.4. The molecule has 100 valence electrons. The Labute approximate surface area is 107 Å². The standard InChI is InChI=1S/C16H30O/c1-3-5-7-11-16(12-8-6-4-2)13-9-15(17)10-14-16/h3-14H2,1-2H3. The highest BCUT2D eigenvalue weighted by Crippen LogP contribution is 2.43. The molecule has 0 bridgehead atoms. The highest BCUT2D eigenvalue weighted by Gasteiger charge is 2.33. The van der Waals surface area contributed by atoms with E-state index in [2.05, 4.69) is 13.8 Å². The maximum atomic E-state index is 11.4. The SMILES string of the molecule is CCCCCC1(CCCCC)CCC(=O)CC1. The highest BCUT2D eigenvalue weighted by molar-refractivity contribution is 5.79. The molecule has 1 nitrogen and oxygen atoms in total. The van der Waals surface area contributed by atoms with Crippen LogP contribution in [-0.2, 0) is 4.79 Å². The van der Waals surface area contributed by atoms with Gasteiger partial charge in [0.15, 0.2) is 0 Å². The Morgan fingerprint density at radius 2 is 1.35 bits per heavy atom. The fourth-order valence-electron chi connectivity index (χ4n) is 3.18. The molecule has 1 saturated carbocycles. The van der Waals surface area contributed by atoms with E-state index in [1.807, 2.05) is 0 Å². The van der Waals surface area contributed by atoms with E-state index in [9.17, 15) is 4.79 Å². The van der Waals surface area contributed by atoms with Gasteiger partial charge in [-0.25, -0.2) is 0 Å². The van der Waals surface area contributed by atoms with Crippen LogP contribution >= 0.6 is 0 Å². The molecule has 0 atom stereocenters. The summed E-state index contributed by atoms with van der Waals surface area (Å²) in [6, 6.07) is 0. The molecule has 1 rings (SSSR count). The van der Waals surface area contributed by atoms with Crippen molar-refractivity contribution in [1.29, 1.82) is 0 Å². The predicted octanol–water partition coefficient (Wildman–Crippen LogP) is 5.28. The lowest BCUT2D eigenvalue weighted by Gasteiger charge is -2.37. The Balaban J connectivity index is 2.41. The van der Waals surface area contributed by atoms with Gasteiger partial charge >= 0.3 is 0 Å². The number of ketones is 1. The minimum atomic E-state index is 0.506. The van der Waals surface area contributed by atoms with Gasteiger partial charge in [0.25, 0.3) is 0 Å². The second-order valence-electron chi connectivity index (χ2n) is 5.95. The number of carbonyl (C=O) groups is 1. The van der Waals surface area contributed by atoms with Crippen LogP contribution in [0.5, 0.6) is 0 Å². The van der Waals surface area contributed by atoms with Crippen molar-refractivity contribution < 1.29 is 4.79 Å². The molecule has 0 aromatic rings. The zero-order valence-corrected chi connectivity index (χ0v) is 11.9. The molecule has 1 aliphatic carbocycles. The number of hydrogen-bond donors (Lipinski definition) is 0. The first-order chi connectivity index (χ1) is 8.22. The Bertz CT molecular complexity index is 198. The molecular formula is C16H30O. The lowest BCUT2D eigenvalue weighted by atomic mass is 9.67. The second-order valence-corrected chi connectivity index (χ2v) is 5.95. The third-order valence-electron chi connectivity index (χ3n) is 4.49. The molecule has 0 aliphatic heterocycles. The Morgan fingerprint density at radius 3 is 1.76 bits per heavy atom. The fraction of sp³-hybridized carbons (Fsp3) is 0.938. The van der Waals surface area contributed by atoms with Crippen LogP contribution < -0.4 is 0 Å². The van der Waals surface area contributed by atoms with Crippen LogP contribution in [0.2, 0.25) is 0 Å². The van der Waals surface area contributed by atoms with Gasteiger partial charge in [-0.05, 0) is 31.1 Å². The average molecular weight is 238 g/mol. The Kier molecular flexibility index (Phi) is 6.84. The molecule has 0 spiro atoms. The fourth-order valence-corrected chi connectivity index (χ4v) is 3.18. The van der Waals surface area contributed by atoms with E-state index in [-0.39, 0.29) is 0 Å². The second kappa shape index (κ2) is 7.89. The minimum Gasteiger partial charge on any atom is -0.300 e. The molecule has 0 aromatic carbocycles. The van der Waals surface area contributed by atoms with E-state index in [0.29, 0.717) is 11.2 Å². The van der Waals surface area contributed by atoms with Gasteiger partial charge in [-0.2, -0.15) is 0 Å². The highest BCUT2D eigenvalue weighted by atomic mass is 16.1. The largest absolute Gasteiger partial charge is 0.300 e. The monoisotopic (exact) mass is 238 g/mol. The van der Waals surface area contributed by atoms with Crippen molar-refractivity contribution in [2.75, 3.05) is 0 Å². The summed E-state index contributed by atoms with van der Waals surface area (Å²) in [6.45, 7) is 4.54. The number of unbranched alkanes of at least 4 members (excludes halogenated alkanes) is 4. The van der Waals surface area contributed by atoms with Crippen LogP contribution in [0.3, 0.4) is 0 Å². The van der Waals surface area contributed by atoms with E-state index in [4.69, 9.17) is 0 Å². The van der Waals surface area contributed by atoms with Crippen molar-refractivity contribution in [3.05, 3.63) is 0 Å². The molecule has 0 saturated heterocycles. The molecule has 1 fully saturated rings. The normalized spacial score (nSPS) is 19.5. The third-order valence-corrected chi connectivity index (χ3v) is 4.49. The van der Waals surface area contributed by atoms with Gasteiger partial charge in [0.05, 0.1) is 0 Å². The molecule has 0 amide bonds. The molecule has 0 radical (unpaired) electrons. The maximum Gasteiger partial charge on any atom is 0.132 e.